The Morgan fingerprint density at radius 2 is 2.00 bits per heavy atom. The second kappa shape index (κ2) is 8.86. The van der Waals surface area contributed by atoms with Gasteiger partial charge in [-0.15, -0.1) is 0 Å². The Labute approximate surface area is 188 Å². The van der Waals surface area contributed by atoms with Crippen molar-refractivity contribution in [2.45, 2.75) is 45.1 Å². The van der Waals surface area contributed by atoms with Gasteiger partial charge in [-0.1, -0.05) is 32.1 Å². The molecule has 2 amide bonds. The molecule has 2 atom stereocenters. The maximum absolute atomic E-state index is 12.8. The van der Waals surface area contributed by atoms with Crippen LogP contribution in [-0.4, -0.2) is 57.3 Å². The highest BCUT2D eigenvalue weighted by atomic mass is 16.2. The molecule has 32 heavy (non-hydrogen) atoms. The number of anilines is 1. The molecule has 2 fully saturated rings. The fourth-order valence-electron chi connectivity index (χ4n) is 5.44. The molecule has 8 nitrogen and oxygen atoms in total. The summed E-state index contributed by atoms with van der Waals surface area (Å²) in [5.41, 5.74) is 3.59. The van der Waals surface area contributed by atoms with Gasteiger partial charge in [-0.2, -0.15) is 5.10 Å². The van der Waals surface area contributed by atoms with Crippen LogP contribution in [0.2, 0.25) is 0 Å². The van der Waals surface area contributed by atoms with Crippen LogP contribution in [0.5, 0.6) is 0 Å². The van der Waals surface area contributed by atoms with E-state index in [0.29, 0.717) is 17.7 Å². The van der Waals surface area contributed by atoms with E-state index in [0.717, 1.165) is 40.9 Å². The third-order valence-corrected chi connectivity index (χ3v) is 6.98. The number of H-pyrrole nitrogens is 1. The largest absolute Gasteiger partial charge is 0.333 e. The van der Waals surface area contributed by atoms with Gasteiger partial charge in [0, 0.05) is 54.2 Å². The Morgan fingerprint density at radius 3 is 2.81 bits per heavy atom. The Morgan fingerprint density at radius 1 is 1.16 bits per heavy atom. The maximum atomic E-state index is 12.8. The smallest absolute Gasteiger partial charge is 0.320 e. The number of rotatable bonds is 4. The van der Waals surface area contributed by atoms with Gasteiger partial charge in [0.05, 0.1) is 5.52 Å². The number of aromatic nitrogens is 4. The van der Waals surface area contributed by atoms with Gasteiger partial charge in [0.2, 0.25) is 0 Å². The van der Waals surface area contributed by atoms with E-state index >= 15 is 0 Å². The lowest BCUT2D eigenvalue weighted by molar-refractivity contribution is 0.216. The summed E-state index contributed by atoms with van der Waals surface area (Å²) in [6.45, 7) is 3.92. The van der Waals surface area contributed by atoms with Crippen molar-refractivity contribution in [1.29, 1.82) is 0 Å². The molecular formula is C24H31N7O. The minimum absolute atomic E-state index is 0.181. The van der Waals surface area contributed by atoms with E-state index < -0.39 is 0 Å². The van der Waals surface area contributed by atoms with Crippen LogP contribution in [0.25, 0.3) is 22.2 Å². The lowest BCUT2D eigenvalue weighted by atomic mass is 9.78. The molecule has 1 saturated carbocycles. The van der Waals surface area contributed by atoms with E-state index in [9.17, 15) is 4.79 Å². The summed E-state index contributed by atoms with van der Waals surface area (Å²) in [6.07, 6.45) is 10.1. The van der Waals surface area contributed by atoms with Gasteiger partial charge in [-0.05, 0) is 37.9 Å². The fourth-order valence-corrected chi connectivity index (χ4v) is 5.44. The number of urea groups is 1. The van der Waals surface area contributed by atoms with Crippen molar-refractivity contribution in [1.82, 2.24) is 30.4 Å². The highest BCUT2D eigenvalue weighted by molar-refractivity contribution is 5.95. The zero-order valence-corrected chi connectivity index (χ0v) is 18.8. The highest BCUT2D eigenvalue weighted by Gasteiger charge is 2.37. The van der Waals surface area contributed by atoms with E-state index in [4.69, 9.17) is 0 Å². The van der Waals surface area contributed by atoms with Crippen LogP contribution < -0.4 is 10.6 Å². The number of aryl methyl sites for hydroxylation is 1. The molecule has 8 heteroatoms. The highest BCUT2D eigenvalue weighted by Crippen LogP contribution is 2.35. The number of pyridine rings is 2. The number of aromatic amines is 1. The van der Waals surface area contributed by atoms with E-state index in [1.807, 2.05) is 25.1 Å². The van der Waals surface area contributed by atoms with E-state index in [-0.39, 0.29) is 12.1 Å². The molecule has 0 aromatic carbocycles. The van der Waals surface area contributed by atoms with Crippen LogP contribution in [0, 0.1) is 18.8 Å². The molecule has 3 aromatic rings. The normalized spacial score (nSPS) is 22.3. The number of hydrogen-bond acceptors (Lipinski definition) is 5. The average molecular weight is 434 g/mol. The topological polar surface area (TPSA) is 98.8 Å². The quantitative estimate of drug-likeness (QED) is 0.578. The number of hydrogen-bond donors (Lipinski definition) is 3. The predicted molar refractivity (Wildman–Crippen MR) is 125 cm³/mol. The van der Waals surface area contributed by atoms with Crippen LogP contribution in [0.3, 0.4) is 0 Å². The van der Waals surface area contributed by atoms with Crippen molar-refractivity contribution in [2.24, 2.45) is 11.8 Å². The summed E-state index contributed by atoms with van der Waals surface area (Å²) >= 11 is 0. The first-order chi connectivity index (χ1) is 15.6. The number of carbonyl (C=O) groups excluding carboxylic acids is 1. The van der Waals surface area contributed by atoms with Gasteiger partial charge in [0.25, 0.3) is 0 Å². The average Bonchev–Trinajstić information content (AvgIpc) is 3.37. The van der Waals surface area contributed by atoms with Crippen molar-refractivity contribution in [3.8, 4) is 11.3 Å². The zero-order chi connectivity index (χ0) is 22.1. The lowest BCUT2D eigenvalue weighted by Gasteiger charge is -2.31. The van der Waals surface area contributed by atoms with Gasteiger partial charge < -0.3 is 10.2 Å². The molecule has 1 saturated heterocycles. The molecule has 2 aliphatic rings. The summed E-state index contributed by atoms with van der Waals surface area (Å²) in [4.78, 5) is 23.8. The van der Waals surface area contributed by atoms with E-state index in [1.165, 1.54) is 32.1 Å². The summed E-state index contributed by atoms with van der Waals surface area (Å²) in [5, 5.41) is 14.6. The number of carbonyl (C=O) groups is 1. The van der Waals surface area contributed by atoms with Crippen LogP contribution in [0.4, 0.5) is 10.6 Å². The third-order valence-electron chi connectivity index (χ3n) is 6.98. The SMILES string of the molecule is Cc1cc(-c2n[nH]c3cc(NC(=O)NC4CN(C)CC4C4CCCCC4)ncc23)ccn1. The minimum Gasteiger partial charge on any atom is -0.333 e. The van der Waals surface area contributed by atoms with E-state index in [2.05, 4.69) is 42.7 Å². The third kappa shape index (κ3) is 4.32. The van der Waals surface area contributed by atoms with Crippen LogP contribution in [0.15, 0.2) is 30.6 Å². The van der Waals surface area contributed by atoms with Gasteiger partial charge >= 0.3 is 6.03 Å². The molecule has 4 heterocycles. The van der Waals surface area contributed by atoms with Gasteiger partial charge in [0.1, 0.15) is 11.5 Å². The standard InChI is InChI=1S/C24H31N7O/c1-15-10-17(8-9-25-15)23-18-12-26-22(11-20(18)29-30-23)28-24(32)27-21-14-31(2)13-19(21)16-6-4-3-5-7-16/h8-12,16,19,21H,3-7,13-14H2,1-2H3,(H,29,30)(H2,26,27,28,32). The minimum atomic E-state index is -0.192. The van der Waals surface area contributed by atoms with Crippen molar-refractivity contribution >= 4 is 22.8 Å². The first-order valence-corrected chi connectivity index (χ1v) is 11.6. The first kappa shape index (κ1) is 20.9. The van der Waals surface area contributed by atoms with Gasteiger partial charge in [-0.25, -0.2) is 9.78 Å². The van der Waals surface area contributed by atoms with Crippen LogP contribution in [0.1, 0.15) is 37.8 Å². The number of nitrogens with one attached hydrogen (secondary N) is 3. The Hall–Kier alpha value is -3.00. The number of amides is 2. The molecule has 1 aliphatic heterocycles. The molecule has 0 radical (unpaired) electrons. The Kier molecular flexibility index (Phi) is 5.78. The molecule has 2 unspecified atom stereocenters. The second-order valence-corrected chi connectivity index (χ2v) is 9.36. The van der Waals surface area contributed by atoms with Crippen molar-refractivity contribution in [2.75, 3.05) is 25.5 Å². The molecule has 3 aromatic heterocycles. The number of fused-ring (bicyclic) bond motifs is 1. The van der Waals surface area contributed by atoms with Crippen molar-refractivity contribution in [3.63, 3.8) is 0 Å². The number of likely N-dealkylation sites (tertiary alicyclic amines) is 1. The van der Waals surface area contributed by atoms with Gasteiger partial charge in [0.15, 0.2) is 0 Å². The molecule has 5 rings (SSSR count). The van der Waals surface area contributed by atoms with Crippen molar-refractivity contribution < 1.29 is 4.79 Å². The molecule has 0 bridgehead atoms. The molecule has 1 aliphatic carbocycles. The van der Waals surface area contributed by atoms with Crippen LogP contribution >= 0.6 is 0 Å². The number of likely N-dealkylation sites (N-methyl/N-ethyl adjacent to an activating group) is 1. The predicted octanol–water partition coefficient (Wildman–Crippen LogP) is 3.96. The Balaban J connectivity index is 1.27. The molecule has 168 valence electrons. The molecular weight excluding hydrogens is 402 g/mol. The van der Waals surface area contributed by atoms with Crippen molar-refractivity contribution in [3.05, 3.63) is 36.3 Å². The van der Waals surface area contributed by atoms with Gasteiger partial charge in [-0.3, -0.25) is 15.4 Å². The zero-order valence-electron chi connectivity index (χ0n) is 18.8. The summed E-state index contributed by atoms with van der Waals surface area (Å²) in [5.74, 6) is 1.76. The monoisotopic (exact) mass is 433 g/mol. The van der Waals surface area contributed by atoms with Crippen LogP contribution in [-0.2, 0) is 0 Å². The summed E-state index contributed by atoms with van der Waals surface area (Å²) in [6, 6.07) is 5.75. The number of nitrogens with zero attached hydrogens (tertiary/aromatic N) is 4. The maximum Gasteiger partial charge on any atom is 0.320 e. The fraction of sp³-hybridized carbons (Fsp3) is 0.500. The lowest BCUT2D eigenvalue weighted by Crippen LogP contribution is -2.45. The summed E-state index contributed by atoms with van der Waals surface area (Å²) in [7, 11) is 2.14. The molecule has 0 spiro atoms. The second-order valence-electron chi connectivity index (χ2n) is 9.36. The summed E-state index contributed by atoms with van der Waals surface area (Å²) < 4.78 is 0. The molecule has 3 N–H and O–H groups in total. The first-order valence-electron chi connectivity index (χ1n) is 11.6. The van der Waals surface area contributed by atoms with E-state index in [1.54, 1.807) is 12.4 Å². The Bertz CT molecular complexity index is 1100.